The number of carboxylic acids is 1. The number of hydrogen-bond donors (Lipinski definition) is 4. The van der Waals surface area contributed by atoms with Crippen molar-refractivity contribution in [2.45, 2.75) is 12.5 Å². The first-order valence-corrected chi connectivity index (χ1v) is 4.98. The Morgan fingerprint density at radius 2 is 2.00 bits per heavy atom. The Morgan fingerprint density at radius 3 is 2.47 bits per heavy atom. The first kappa shape index (κ1) is 13.9. The highest BCUT2D eigenvalue weighted by Gasteiger charge is 2.12. The van der Waals surface area contributed by atoms with Crippen LogP contribution in [-0.4, -0.2) is 41.4 Å². The van der Waals surface area contributed by atoms with Crippen LogP contribution in [0, 0.1) is 0 Å². The number of carboxylic acid groups (broad SMARTS) is 1. The molecule has 0 aliphatic carbocycles. The van der Waals surface area contributed by atoms with Gasteiger partial charge < -0.3 is 20.8 Å². The molecule has 4 N–H and O–H groups in total. The minimum atomic E-state index is -1.45. The van der Waals surface area contributed by atoms with Crippen molar-refractivity contribution >= 4 is 27.9 Å². The van der Waals surface area contributed by atoms with Gasteiger partial charge in [-0.2, -0.15) is 0 Å². The zero-order valence-electron chi connectivity index (χ0n) is 7.99. The Labute approximate surface area is 95.5 Å². The number of aliphatic carboxylic acids is 1. The molecule has 0 aromatic heterocycles. The van der Waals surface area contributed by atoms with Gasteiger partial charge in [0.25, 0.3) is 0 Å². The second-order valence-electron chi connectivity index (χ2n) is 2.77. The van der Waals surface area contributed by atoms with Gasteiger partial charge in [0.1, 0.15) is 0 Å². The molecule has 0 spiro atoms. The number of aliphatic hydroxyl groups is 1. The number of halogens is 1. The van der Waals surface area contributed by atoms with Crippen LogP contribution in [0.15, 0.2) is 11.1 Å². The summed E-state index contributed by atoms with van der Waals surface area (Å²) in [6.07, 6.45) is -1.48. The number of urea groups is 1. The number of rotatable bonds is 6. The third-order valence-corrected chi connectivity index (χ3v) is 1.71. The van der Waals surface area contributed by atoms with Crippen LogP contribution < -0.4 is 10.6 Å². The molecule has 0 bridgehead atoms. The molecule has 0 aromatic rings. The second-order valence-corrected chi connectivity index (χ2v) is 3.89. The number of amides is 2. The molecule has 0 radical (unpaired) electrons. The van der Waals surface area contributed by atoms with E-state index in [0.29, 0.717) is 4.48 Å². The van der Waals surface area contributed by atoms with E-state index in [1.807, 2.05) is 0 Å². The van der Waals surface area contributed by atoms with Gasteiger partial charge in [-0.25, -0.2) is 9.59 Å². The summed E-state index contributed by atoms with van der Waals surface area (Å²) >= 11 is 3.06. The van der Waals surface area contributed by atoms with Crippen molar-refractivity contribution in [1.29, 1.82) is 0 Å². The third-order valence-electron chi connectivity index (χ3n) is 1.43. The normalized spacial score (nSPS) is 11.6. The van der Waals surface area contributed by atoms with Crippen LogP contribution in [0.2, 0.25) is 0 Å². The predicted molar refractivity (Wildman–Crippen MR) is 57.7 cm³/mol. The highest BCUT2D eigenvalue weighted by Crippen LogP contribution is 1.96. The Morgan fingerprint density at radius 1 is 1.40 bits per heavy atom. The standard InChI is InChI=1S/C8H13BrN2O4/c1-5(9)4-11-8(15)10-3-2-6(12)7(13)14/h6,12H,1-4H2,(H,13,14)(H2,10,11,15)/t6-/m0/s1. The van der Waals surface area contributed by atoms with Crippen LogP contribution in [0.3, 0.4) is 0 Å². The average molecular weight is 281 g/mol. The molecule has 2 amide bonds. The fraction of sp³-hybridized carbons (Fsp3) is 0.500. The topological polar surface area (TPSA) is 98.7 Å². The number of carbonyl (C=O) groups is 2. The molecular weight excluding hydrogens is 268 g/mol. The Bertz CT molecular complexity index is 257. The van der Waals surface area contributed by atoms with Gasteiger partial charge >= 0.3 is 12.0 Å². The van der Waals surface area contributed by atoms with Crippen molar-refractivity contribution < 1.29 is 19.8 Å². The summed E-state index contributed by atoms with van der Waals surface area (Å²) in [6.45, 7) is 3.89. The van der Waals surface area contributed by atoms with Crippen LogP contribution in [0.4, 0.5) is 4.79 Å². The van der Waals surface area contributed by atoms with Crippen molar-refractivity contribution in [1.82, 2.24) is 10.6 Å². The van der Waals surface area contributed by atoms with Crippen molar-refractivity contribution in [2.24, 2.45) is 0 Å². The smallest absolute Gasteiger partial charge is 0.332 e. The van der Waals surface area contributed by atoms with E-state index in [1.165, 1.54) is 0 Å². The van der Waals surface area contributed by atoms with Gasteiger partial charge in [0.05, 0.1) is 6.54 Å². The van der Waals surface area contributed by atoms with E-state index in [0.717, 1.165) is 0 Å². The molecule has 0 aliphatic rings. The molecule has 0 fully saturated rings. The molecule has 1 atom stereocenters. The maximum absolute atomic E-state index is 11.0. The maximum atomic E-state index is 11.0. The largest absolute Gasteiger partial charge is 0.479 e. The van der Waals surface area contributed by atoms with E-state index >= 15 is 0 Å². The van der Waals surface area contributed by atoms with Gasteiger partial charge in [0, 0.05) is 17.4 Å². The highest BCUT2D eigenvalue weighted by molar-refractivity contribution is 9.11. The summed E-state index contributed by atoms with van der Waals surface area (Å²) in [7, 11) is 0. The minimum Gasteiger partial charge on any atom is -0.479 e. The molecule has 0 saturated carbocycles. The molecule has 7 heteroatoms. The molecular formula is C8H13BrN2O4. The number of carbonyl (C=O) groups excluding carboxylic acids is 1. The Hall–Kier alpha value is -1.08. The summed E-state index contributed by atoms with van der Waals surface area (Å²) in [6, 6.07) is -0.437. The summed E-state index contributed by atoms with van der Waals surface area (Å²) < 4.78 is 0.628. The quantitative estimate of drug-likeness (QED) is 0.552. The molecule has 0 heterocycles. The minimum absolute atomic E-state index is 0.0297. The monoisotopic (exact) mass is 280 g/mol. The Kier molecular flexibility index (Phi) is 6.72. The van der Waals surface area contributed by atoms with Crippen LogP contribution >= 0.6 is 15.9 Å². The summed E-state index contributed by atoms with van der Waals surface area (Å²) in [5.74, 6) is -1.30. The van der Waals surface area contributed by atoms with Crippen LogP contribution in [0.1, 0.15) is 6.42 Å². The lowest BCUT2D eigenvalue weighted by Crippen LogP contribution is -2.38. The maximum Gasteiger partial charge on any atom is 0.332 e. The second kappa shape index (κ2) is 7.24. The van der Waals surface area contributed by atoms with Crippen molar-refractivity contribution in [3.63, 3.8) is 0 Å². The number of hydrogen-bond acceptors (Lipinski definition) is 3. The van der Waals surface area contributed by atoms with E-state index in [1.54, 1.807) is 0 Å². The lowest BCUT2D eigenvalue weighted by atomic mass is 10.2. The fourth-order valence-corrected chi connectivity index (χ4v) is 0.825. The van der Waals surface area contributed by atoms with E-state index in [-0.39, 0.29) is 19.5 Å². The fourth-order valence-electron chi connectivity index (χ4n) is 0.685. The summed E-state index contributed by atoms with van der Waals surface area (Å²) in [5, 5.41) is 22.0. The number of aliphatic hydroxyl groups excluding tert-OH is 1. The predicted octanol–water partition coefficient (Wildman–Crippen LogP) is 0.0298. The molecule has 0 saturated heterocycles. The van der Waals surface area contributed by atoms with Gasteiger partial charge in [0.15, 0.2) is 6.10 Å². The SMILES string of the molecule is C=C(Br)CNC(=O)NCC[C@H](O)C(=O)O. The van der Waals surface area contributed by atoms with Gasteiger partial charge in [-0.1, -0.05) is 22.5 Å². The molecule has 0 unspecified atom stereocenters. The van der Waals surface area contributed by atoms with Gasteiger partial charge in [0.2, 0.25) is 0 Å². The van der Waals surface area contributed by atoms with Gasteiger partial charge in [-0.05, 0) is 0 Å². The van der Waals surface area contributed by atoms with E-state index in [4.69, 9.17) is 10.2 Å². The average Bonchev–Trinajstić information content (AvgIpc) is 2.14. The zero-order chi connectivity index (χ0) is 11.8. The molecule has 0 rings (SSSR count). The van der Waals surface area contributed by atoms with Crippen LogP contribution in [-0.2, 0) is 4.79 Å². The van der Waals surface area contributed by atoms with Crippen LogP contribution in [0.5, 0.6) is 0 Å². The van der Waals surface area contributed by atoms with Crippen LogP contribution in [0.25, 0.3) is 0 Å². The first-order valence-electron chi connectivity index (χ1n) is 4.19. The van der Waals surface area contributed by atoms with E-state index in [9.17, 15) is 9.59 Å². The summed E-state index contributed by atoms with van der Waals surface area (Å²) in [5.41, 5.74) is 0. The van der Waals surface area contributed by atoms with Gasteiger partial charge in [-0.15, -0.1) is 0 Å². The lowest BCUT2D eigenvalue weighted by molar-refractivity contribution is -0.146. The molecule has 15 heavy (non-hydrogen) atoms. The molecule has 0 aromatic carbocycles. The van der Waals surface area contributed by atoms with E-state index < -0.39 is 18.1 Å². The molecule has 0 aliphatic heterocycles. The Balaban J connectivity index is 3.55. The molecule has 86 valence electrons. The summed E-state index contributed by atoms with van der Waals surface area (Å²) in [4.78, 5) is 21.2. The van der Waals surface area contributed by atoms with Crippen molar-refractivity contribution in [3.8, 4) is 0 Å². The van der Waals surface area contributed by atoms with E-state index in [2.05, 4.69) is 33.1 Å². The molecule has 6 nitrogen and oxygen atoms in total. The van der Waals surface area contributed by atoms with Gasteiger partial charge in [-0.3, -0.25) is 0 Å². The lowest BCUT2D eigenvalue weighted by Gasteiger charge is -2.08. The highest BCUT2D eigenvalue weighted by atomic mass is 79.9. The van der Waals surface area contributed by atoms with Crippen molar-refractivity contribution in [2.75, 3.05) is 13.1 Å². The third kappa shape index (κ3) is 7.95. The first-order chi connectivity index (χ1) is 6.93. The van der Waals surface area contributed by atoms with Crippen molar-refractivity contribution in [3.05, 3.63) is 11.1 Å². The number of nitrogens with one attached hydrogen (secondary N) is 2. The zero-order valence-corrected chi connectivity index (χ0v) is 9.58.